The molecule has 0 saturated carbocycles. The van der Waals surface area contributed by atoms with Crippen molar-refractivity contribution in [1.29, 1.82) is 0 Å². The average molecular weight is 271 g/mol. The van der Waals surface area contributed by atoms with Gasteiger partial charge in [0.15, 0.2) is 4.77 Å². The van der Waals surface area contributed by atoms with Crippen molar-refractivity contribution in [2.24, 2.45) is 0 Å². The number of aryl methyl sites for hydroxylation is 1. The topological polar surface area (TPSA) is 42.8 Å². The van der Waals surface area contributed by atoms with Crippen LogP contribution in [0.15, 0.2) is 36.7 Å². The number of hydrogen-bond acceptors (Lipinski definition) is 3. The van der Waals surface area contributed by atoms with Crippen LogP contribution in [0.2, 0.25) is 0 Å². The van der Waals surface area contributed by atoms with Crippen LogP contribution in [0.5, 0.6) is 5.75 Å². The van der Waals surface area contributed by atoms with Crippen molar-refractivity contribution in [2.75, 3.05) is 7.11 Å². The number of ether oxygens (including phenoxy) is 1. The Morgan fingerprint density at radius 1 is 1.32 bits per heavy atom. The lowest BCUT2D eigenvalue weighted by Gasteiger charge is -2.09. The van der Waals surface area contributed by atoms with Gasteiger partial charge in [-0.2, -0.15) is 0 Å². The predicted octanol–water partition coefficient (Wildman–Crippen LogP) is 3.40. The van der Waals surface area contributed by atoms with Gasteiger partial charge in [-0.1, -0.05) is 0 Å². The largest absolute Gasteiger partial charge is 0.496 e. The van der Waals surface area contributed by atoms with E-state index >= 15 is 0 Å². The number of nitrogens with one attached hydrogen (secondary N) is 1. The molecule has 0 aliphatic carbocycles. The first-order valence-corrected chi connectivity index (χ1v) is 6.31. The molecule has 3 rings (SSSR count). The second-order valence-electron chi connectivity index (χ2n) is 4.31. The maximum Gasteiger partial charge on any atom is 0.182 e. The van der Waals surface area contributed by atoms with Gasteiger partial charge in [-0.3, -0.25) is 9.55 Å². The number of fused-ring (bicyclic) bond motifs is 1. The van der Waals surface area contributed by atoms with Crippen molar-refractivity contribution in [3.63, 3.8) is 0 Å². The van der Waals surface area contributed by atoms with Gasteiger partial charge in [0.05, 0.1) is 24.3 Å². The van der Waals surface area contributed by atoms with Crippen molar-refractivity contribution in [3.8, 4) is 11.4 Å². The van der Waals surface area contributed by atoms with Crippen LogP contribution in [0, 0.1) is 11.7 Å². The van der Waals surface area contributed by atoms with Crippen molar-refractivity contribution < 1.29 is 4.74 Å². The number of pyridine rings is 1. The molecule has 3 aromatic rings. The molecule has 0 amide bonds. The number of rotatable bonds is 2. The van der Waals surface area contributed by atoms with Crippen LogP contribution in [-0.2, 0) is 0 Å². The highest BCUT2D eigenvalue weighted by molar-refractivity contribution is 7.71. The number of aromatic amines is 1. The minimum Gasteiger partial charge on any atom is -0.496 e. The second kappa shape index (κ2) is 4.51. The summed E-state index contributed by atoms with van der Waals surface area (Å²) in [6, 6.07) is 7.95. The van der Waals surface area contributed by atoms with E-state index < -0.39 is 0 Å². The highest BCUT2D eigenvalue weighted by Crippen LogP contribution is 2.24. The Balaban J connectivity index is 2.27. The van der Waals surface area contributed by atoms with E-state index in [1.165, 1.54) is 0 Å². The SMILES string of the molecule is COc1ccc(-n2c(=S)[nH]c3cnccc32)cc1C. The molecular formula is C14H13N3OS. The zero-order valence-electron chi connectivity index (χ0n) is 10.7. The van der Waals surface area contributed by atoms with Gasteiger partial charge in [0.2, 0.25) is 0 Å². The maximum absolute atomic E-state index is 5.39. The summed E-state index contributed by atoms with van der Waals surface area (Å²) in [4.78, 5) is 7.25. The van der Waals surface area contributed by atoms with E-state index in [4.69, 9.17) is 17.0 Å². The molecule has 0 atom stereocenters. The molecule has 2 heterocycles. The molecule has 0 saturated heterocycles. The fourth-order valence-corrected chi connectivity index (χ4v) is 2.53. The van der Waals surface area contributed by atoms with E-state index in [9.17, 15) is 0 Å². The first kappa shape index (κ1) is 11.9. The zero-order valence-corrected chi connectivity index (χ0v) is 11.5. The van der Waals surface area contributed by atoms with Gasteiger partial charge in [0.1, 0.15) is 5.75 Å². The normalized spacial score (nSPS) is 10.8. The monoisotopic (exact) mass is 271 g/mol. The molecular weight excluding hydrogens is 258 g/mol. The molecule has 0 radical (unpaired) electrons. The molecule has 2 aromatic heterocycles. The second-order valence-corrected chi connectivity index (χ2v) is 4.70. The highest BCUT2D eigenvalue weighted by atomic mass is 32.1. The summed E-state index contributed by atoms with van der Waals surface area (Å²) in [5.74, 6) is 0.872. The summed E-state index contributed by atoms with van der Waals surface area (Å²) < 4.78 is 7.94. The first-order valence-electron chi connectivity index (χ1n) is 5.90. The third-order valence-electron chi connectivity index (χ3n) is 3.12. The summed E-state index contributed by atoms with van der Waals surface area (Å²) in [5.41, 5.74) is 4.04. The molecule has 96 valence electrons. The lowest BCUT2D eigenvalue weighted by molar-refractivity contribution is 0.411. The standard InChI is InChI=1S/C14H13N3OS/c1-9-7-10(3-4-13(9)18-2)17-12-5-6-15-8-11(12)16-14(17)19/h3-8H,1-2H3,(H,16,19). The molecule has 0 fully saturated rings. The number of H-pyrrole nitrogens is 1. The Morgan fingerprint density at radius 3 is 2.89 bits per heavy atom. The Morgan fingerprint density at radius 2 is 2.16 bits per heavy atom. The summed E-state index contributed by atoms with van der Waals surface area (Å²) in [6.07, 6.45) is 3.54. The summed E-state index contributed by atoms with van der Waals surface area (Å²) >= 11 is 5.39. The summed E-state index contributed by atoms with van der Waals surface area (Å²) in [7, 11) is 1.67. The summed E-state index contributed by atoms with van der Waals surface area (Å²) in [5, 5.41) is 0. The number of methoxy groups -OCH3 is 1. The van der Waals surface area contributed by atoms with Crippen LogP contribution < -0.4 is 4.74 Å². The van der Waals surface area contributed by atoms with Crippen molar-refractivity contribution in [3.05, 3.63) is 47.0 Å². The van der Waals surface area contributed by atoms with E-state index in [1.807, 2.05) is 29.7 Å². The van der Waals surface area contributed by atoms with Crippen LogP contribution in [0.25, 0.3) is 16.7 Å². The molecule has 1 aromatic carbocycles. The van der Waals surface area contributed by atoms with E-state index in [-0.39, 0.29) is 0 Å². The van der Waals surface area contributed by atoms with Crippen LogP contribution in [-0.4, -0.2) is 21.6 Å². The smallest absolute Gasteiger partial charge is 0.182 e. The molecule has 4 nitrogen and oxygen atoms in total. The number of aromatic nitrogens is 3. The lowest BCUT2D eigenvalue weighted by Crippen LogP contribution is -1.96. The number of hydrogen-bond donors (Lipinski definition) is 1. The molecule has 0 aliphatic heterocycles. The Bertz CT molecular complexity index is 804. The van der Waals surface area contributed by atoms with Crippen LogP contribution in [0.4, 0.5) is 0 Å². The van der Waals surface area contributed by atoms with Crippen LogP contribution in [0.3, 0.4) is 0 Å². The molecule has 0 aliphatic rings. The van der Waals surface area contributed by atoms with E-state index in [0.717, 1.165) is 28.0 Å². The van der Waals surface area contributed by atoms with Crippen molar-refractivity contribution in [1.82, 2.24) is 14.5 Å². The Hall–Kier alpha value is -2.14. The summed E-state index contributed by atoms with van der Waals surface area (Å²) in [6.45, 7) is 2.02. The first-order chi connectivity index (χ1) is 9.20. The number of nitrogens with zero attached hydrogens (tertiary/aromatic N) is 2. The lowest BCUT2D eigenvalue weighted by atomic mass is 10.2. The van der Waals surface area contributed by atoms with E-state index in [1.54, 1.807) is 19.5 Å². The van der Waals surface area contributed by atoms with Gasteiger partial charge in [0, 0.05) is 11.9 Å². The van der Waals surface area contributed by atoms with Gasteiger partial charge >= 0.3 is 0 Å². The molecule has 1 N–H and O–H groups in total. The Labute approximate surface area is 115 Å². The van der Waals surface area contributed by atoms with Crippen LogP contribution in [0.1, 0.15) is 5.56 Å². The quantitative estimate of drug-likeness (QED) is 0.726. The van der Waals surface area contributed by atoms with E-state index in [2.05, 4.69) is 16.0 Å². The Kier molecular flexibility index (Phi) is 2.83. The molecule has 0 spiro atoms. The minimum atomic E-state index is 0.660. The van der Waals surface area contributed by atoms with Gasteiger partial charge < -0.3 is 9.72 Å². The third kappa shape index (κ3) is 1.92. The predicted molar refractivity (Wildman–Crippen MR) is 77.5 cm³/mol. The fraction of sp³-hybridized carbons (Fsp3) is 0.143. The third-order valence-corrected chi connectivity index (χ3v) is 3.40. The maximum atomic E-state index is 5.39. The van der Waals surface area contributed by atoms with Crippen LogP contribution >= 0.6 is 12.2 Å². The number of imidazole rings is 1. The molecule has 0 unspecified atom stereocenters. The van der Waals surface area contributed by atoms with E-state index in [0.29, 0.717) is 4.77 Å². The van der Waals surface area contributed by atoms with Gasteiger partial charge in [-0.05, 0) is 49.0 Å². The van der Waals surface area contributed by atoms with Crippen molar-refractivity contribution in [2.45, 2.75) is 6.92 Å². The molecule has 5 heteroatoms. The number of benzene rings is 1. The van der Waals surface area contributed by atoms with Gasteiger partial charge in [0.25, 0.3) is 0 Å². The van der Waals surface area contributed by atoms with Crippen molar-refractivity contribution >= 4 is 23.3 Å². The molecule has 19 heavy (non-hydrogen) atoms. The zero-order chi connectivity index (χ0) is 13.4. The van der Waals surface area contributed by atoms with Gasteiger partial charge in [-0.15, -0.1) is 0 Å². The highest BCUT2D eigenvalue weighted by Gasteiger charge is 2.07. The minimum absolute atomic E-state index is 0.660. The van der Waals surface area contributed by atoms with Gasteiger partial charge in [-0.25, -0.2) is 0 Å². The average Bonchev–Trinajstić information content (AvgIpc) is 2.74. The fourth-order valence-electron chi connectivity index (χ4n) is 2.22. The molecule has 0 bridgehead atoms.